The second-order valence-electron chi connectivity index (χ2n) is 6.97. The standard InChI is InChI=1S/C18H29N3O4S/c1-4-13(5-2)25-15-9-11(17(23)24)8-14(16(15)19-10(3)22)21-18(26)20-12-6-7-12/h9,12-16H,4-8H2,1-3H3,(H,19,22)(H,23,24)(H2,20,21,26)/t14-,15+,16+/m0/s1. The minimum absolute atomic E-state index is 0.00200. The van der Waals surface area contributed by atoms with Crippen LogP contribution in [0.15, 0.2) is 11.6 Å². The highest BCUT2D eigenvalue weighted by Gasteiger charge is 2.38. The molecule has 0 aliphatic heterocycles. The first kappa shape index (κ1) is 20.6. The van der Waals surface area contributed by atoms with Crippen LogP contribution in [0.5, 0.6) is 0 Å². The molecule has 2 rings (SSSR count). The molecular weight excluding hydrogens is 354 g/mol. The van der Waals surface area contributed by atoms with E-state index in [1.165, 1.54) is 6.92 Å². The normalized spacial score (nSPS) is 25.4. The molecule has 4 N–H and O–H groups in total. The zero-order valence-electron chi connectivity index (χ0n) is 15.6. The minimum atomic E-state index is -0.975. The molecule has 7 nitrogen and oxygen atoms in total. The highest BCUT2D eigenvalue weighted by Crippen LogP contribution is 2.25. The zero-order chi connectivity index (χ0) is 19.3. The van der Waals surface area contributed by atoms with Crippen molar-refractivity contribution < 1.29 is 19.4 Å². The molecule has 0 radical (unpaired) electrons. The van der Waals surface area contributed by atoms with E-state index in [-0.39, 0.29) is 30.0 Å². The molecule has 0 aromatic heterocycles. The van der Waals surface area contributed by atoms with Crippen LogP contribution in [0.1, 0.15) is 52.9 Å². The summed E-state index contributed by atoms with van der Waals surface area (Å²) in [5.41, 5.74) is 0.272. The Morgan fingerprint density at radius 1 is 1.27 bits per heavy atom. The van der Waals surface area contributed by atoms with Gasteiger partial charge in [-0.05, 0) is 44.0 Å². The van der Waals surface area contributed by atoms with Gasteiger partial charge in [0.1, 0.15) is 0 Å². The maximum Gasteiger partial charge on any atom is 0.331 e. The zero-order valence-corrected chi connectivity index (χ0v) is 16.4. The Hall–Kier alpha value is -1.67. The van der Waals surface area contributed by atoms with Crippen LogP contribution in [0, 0.1) is 0 Å². The van der Waals surface area contributed by atoms with Crippen molar-refractivity contribution in [3.63, 3.8) is 0 Å². The number of carboxylic acid groups (broad SMARTS) is 1. The Balaban J connectivity index is 2.21. The van der Waals surface area contributed by atoms with Crippen molar-refractivity contribution in [1.29, 1.82) is 0 Å². The van der Waals surface area contributed by atoms with E-state index in [1.54, 1.807) is 6.08 Å². The molecule has 2 aliphatic rings. The van der Waals surface area contributed by atoms with Gasteiger partial charge in [-0.25, -0.2) is 4.79 Å². The summed E-state index contributed by atoms with van der Waals surface area (Å²) in [7, 11) is 0. The summed E-state index contributed by atoms with van der Waals surface area (Å²) in [4.78, 5) is 23.3. The molecule has 8 heteroatoms. The number of nitrogens with one attached hydrogen (secondary N) is 3. The molecule has 0 unspecified atom stereocenters. The fourth-order valence-corrected chi connectivity index (χ4v) is 3.45. The van der Waals surface area contributed by atoms with Crippen LogP contribution in [0.4, 0.5) is 0 Å². The number of hydrogen-bond acceptors (Lipinski definition) is 4. The van der Waals surface area contributed by atoms with Gasteiger partial charge in [0.15, 0.2) is 5.11 Å². The number of amides is 1. The van der Waals surface area contributed by atoms with Crippen molar-refractivity contribution in [2.75, 3.05) is 0 Å². The third-order valence-corrected chi connectivity index (χ3v) is 4.96. The van der Waals surface area contributed by atoms with Crippen molar-refractivity contribution >= 4 is 29.2 Å². The molecular formula is C18H29N3O4S. The summed E-state index contributed by atoms with van der Waals surface area (Å²) in [6, 6.07) is -0.354. The van der Waals surface area contributed by atoms with E-state index in [9.17, 15) is 14.7 Å². The van der Waals surface area contributed by atoms with Crippen LogP contribution in [-0.2, 0) is 14.3 Å². The number of carbonyl (C=O) groups is 2. The quantitative estimate of drug-likeness (QED) is 0.471. The van der Waals surface area contributed by atoms with Gasteiger partial charge in [-0.3, -0.25) is 4.79 Å². The van der Waals surface area contributed by atoms with Crippen LogP contribution >= 0.6 is 12.2 Å². The van der Waals surface area contributed by atoms with E-state index in [0.29, 0.717) is 11.2 Å². The first-order valence-electron chi connectivity index (χ1n) is 9.27. The van der Waals surface area contributed by atoms with Crippen LogP contribution in [0.3, 0.4) is 0 Å². The number of carboxylic acids is 1. The van der Waals surface area contributed by atoms with Gasteiger partial charge in [0.2, 0.25) is 5.91 Å². The summed E-state index contributed by atoms with van der Waals surface area (Å²) in [5, 5.41) is 19.3. The van der Waals surface area contributed by atoms with Crippen molar-refractivity contribution in [3.8, 4) is 0 Å². The molecule has 0 saturated heterocycles. The van der Waals surface area contributed by atoms with E-state index in [2.05, 4.69) is 16.0 Å². The van der Waals surface area contributed by atoms with Crippen LogP contribution in [0.25, 0.3) is 0 Å². The molecule has 2 aliphatic carbocycles. The molecule has 146 valence electrons. The topological polar surface area (TPSA) is 99.7 Å². The Morgan fingerprint density at radius 2 is 1.92 bits per heavy atom. The van der Waals surface area contributed by atoms with Gasteiger partial charge in [0.25, 0.3) is 0 Å². The molecule has 1 fully saturated rings. The fourth-order valence-electron chi connectivity index (χ4n) is 3.13. The number of aliphatic carboxylic acids is 1. The Morgan fingerprint density at radius 3 is 2.42 bits per heavy atom. The molecule has 1 amide bonds. The third kappa shape index (κ3) is 5.95. The lowest BCUT2D eigenvalue weighted by Gasteiger charge is -2.38. The summed E-state index contributed by atoms with van der Waals surface area (Å²) in [6.45, 7) is 5.50. The summed E-state index contributed by atoms with van der Waals surface area (Å²) >= 11 is 5.35. The van der Waals surface area contributed by atoms with Gasteiger partial charge in [0, 0.05) is 25.0 Å². The third-order valence-electron chi connectivity index (χ3n) is 4.73. The van der Waals surface area contributed by atoms with E-state index in [0.717, 1.165) is 25.7 Å². The number of carbonyl (C=O) groups excluding carboxylic acids is 1. The molecule has 0 bridgehead atoms. The average molecular weight is 384 g/mol. The van der Waals surface area contributed by atoms with E-state index in [1.807, 2.05) is 13.8 Å². The lowest BCUT2D eigenvalue weighted by atomic mass is 9.87. The number of thiocarbonyl (C=S) groups is 1. The summed E-state index contributed by atoms with van der Waals surface area (Å²) in [5.74, 6) is -1.16. The fraction of sp³-hybridized carbons (Fsp3) is 0.722. The van der Waals surface area contributed by atoms with Crippen LogP contribution in [0.2, 0.25) is 0 Å². The van der Waals surface area contributed by atoms with Gasteiger partial charge >= 0.3 is 5.97 Å². The van der Waals surface area contributed by atoms with E-state index in [4.69, 9.17) is 17.0 Å². The van der Waals surface area contributed by atoms with E-state index >= 15 is 0 Å². The van der Waals surface area contributed by atoms with Gasteiger partial charge in [-0.2, -0.15) is 0 Å². The molecule has 0 spiro atoms. The smallest absolute Gasteiger partial charge is 0.331 e. The molecule has 0 heterocycles. The first-order chi connectivity index (χ1) is 12.3. The Labute approximate surface area is 159 Å². The van der Waals surface area contributed by atoms with Gasteiger partial charge < -0.3 is 25.8 Å². The lowest BCUT2D eigenvalue weighted by Crippen LogP contribution is -2.60. The highest BCUT2D eigenvalue weighted by atomic mass is 32.1. The largest absolute Gasteiger partial charge is 0.478 e. The SMILES string of the molecule is CCC(CC)O[C@@H]1C=C(C(=O)O)C[C@H](NC(=S)NC2CC2)[C@H]1NC(C)=O. The Bertz CT molecular complexity index is 573. The molecule has 26 heavy (non-hydrogen) atoms. The van der Waals surface area contributed by atoms with Crippen molar-refractivity contribution in [2.24, 2.45) is 0 Å². The predicted molar refractivity (Wildman–Crippen MR) is 103 cm³/mol. The molecule has 0 aromatic rings. The molecule has 0 aromatic carbocycles. The van der Waals surface area contributed by atoms with Crippen molar-refractivity contribution in [3.05, 3.63) is 11.6 Å². The van der Waals surface area contributed by atoms with Gasteiger partial charge in [-0.1, -0.05) is 13.8 Å². The number of hydrogen-bond donors (Lipinski definition) is 4. The van der Waals surface area contributed by atoms with Crippen LogP contribution in [-0.4, -0.2) is 52.4 Å². The maximum absolute atomic E-state index is 11.7. The van der Waals surface area contributed by atoms with Crippen LogP contribution < -0.4 is 16.0 Å². The van der Waals surface area contributed by atoms with Gasteiger partial charge in [0.05, 0.1) is 24.3 Å². The summed E-state index contributed by atoms with van der Waals surface area (Å²) < 4.78 is 6.13. The first-order valence-corrected chi connectivity index (χ1v) is 9.68. The monoisotopic (exact) mass is 383 g/mol. The minimum Gasteiger partial charge on any atom is -0.478 e. The van der Waals surface area contributed by atoms with Crippen molar-refractivity contribution in [1.82, 2.24) is 16.0 Å². The lowest BCUT2D eigenvalue weighted by molar-refractivity contribution is -0.133. The average Bonchev–Trinajstić information content (AvgIpc) is 3.38. The second-order valence-corrected chi connectivity index (χ2v) is 7.37. The van der Waals surface area contributed by atoms with E-state index < -0.39 is 18.1 Å². The predicted octanol–water partition coefficient (Wildman–Crippen LogP) is 1.47. The number of ether oxygens (including phenoxy) is 1. The molecule has 3 atom stereocenters. The Kier molecular flexibility index (Phi) is 7.40. The number of rotatable bonds is 8. The second kappa shape index (κ2) is 9.32. The van der Waals surface area contributed by atoms with Crippen molar-refractivity contribution in [2.45, 2.75) is 83.2 Å². The van der Waals surface area contributed by atoms with Gasteiger partial charge in [-0.15, -0.1) is 0 Å². The highest BCUT2D eigenvalue weighted by molar-refractivity contribution is 7.80. The molecule has 1 saturated carbocycles. The summed E-state index contributed by atoms with van der Waals surface area (Å²) in [6.07, 6.45) is 5.16. The maximum atomic E-state index is 11.7.